The lowest BCUT2D eigenvalue weighted by Crippen LogP contribution is -2.15. The number of hydrogen-bond donors (Lipinski definition) is 2. The highest BCUT2D eigenvalue weighted by molar-refractivity contribution is 5.30. The fourth-order valence-electron chi connectivity index (χ4n) is 2.32. The van der Waals surface area contributed by atoms with E-state index in [-0.39, 0.29) is 0 Å². The number of nitrogen functional groups attached to an aromatic ring is 1. The van der Waals surface area contributed by atoms with E-state index < -0.39 is 0 Å². The SMILES string of the molecule is CC1CCCCC1c1cc(N)n[nH]1. The zero-order valence-corrected chi connectivity index (χ0v) is 8.09. The number of aromatic amines is 1. The van der Waals surface area contributed by atoms with E-state index in [1.807, 2.05) is 6.07 Å². The molecule has 0 aliphatic heterocycles. The summed E-state index contributed by atoms with van der Waals surface area (Å²) in [5, 5.41) is 7.01. The predicted molar refractivity (Wildman–Crippen MR) is 53.4 cm³/mol. The Morgan fingerprint density at radius 2 is 2.23 bits per heavy atom. The fourth-order valence-corrected chi connectivity index (χ4v) is 2.32. The molecule has 1 fully saturated rings. The third kappa shape index (κ3) is 1.69. The van der Waals surface area contributed by atoms with Crippen molar-refractivity contribution in [2.75, 3.05) is 5.73 Å². The van der Waals surface area contributed by atoms with Crippen LogP contribution in [0.15, 0.2) is 6.07 Å². The van der Waals surface area contributed by atoms with Crippen molar-refractivity contribution in [2.45, 2.75) is 38.5 Å². The van der Waals surface area contributed by atoms with Crippen molar-refractivity contribution >= 4 is 5.82 Å². The summed E-state index contributed by atoms with van der Waals surface area (Å²) in [5.74, 6) is 2.04. The molecule has 0 bridgehead atoms. The molecule has 3 heteroatoms. The van der Waals surface area contributed by atoms with Gasteiger partial charge in [-0.15, -0.1) is 0 Å². The molecular weight excluding hydrogens is 162 g/mol. The molecule has 13 heavy (non-hydrogen) atoms. The standard InChI is InChI=1S/C10H17N3/c1-7-4-2-3-5-8(7)9-6-10(11)13-12-9/h6-8H,2-5H2,1H3,(H3,11,12,13). The van der Waals surface area contributed by atoms with Crippen LogP contribution in [0.5, 0.6) is 0 Å². The molecule has 0 radical (unpaired) electrons. The molecule has 2 atom stereocenters. The largest absolute Gasteiger partial charge is 0.382 e. The van der Waals surface area contributed by atoms with Gasteiger partial charge in [-0.05, 0) is 12.3 Å². The van der Waals surface area contributed by atoms with Gasteiger partial charge in [-0.3, -0.25) is 5.10 Å². The van der Waals surface area contributed by atoms with E-state index in [1.165, 1.54) is 31.4 Å². The lowest BCUT2D eigenvalue weighted by molar-refractivity contribution is 0.325. The first-order chi connectivity index (χ1) is 6.27. The molecule has 3 nitrogen and oxygen atoms in total. The Morgan fingerprint density at radius 3 is 2.85 bits per heavy atom. The zero-order valence-electron chi connectivity index (χ0n) is 8.09. The second-order valence-electron chi connectivity index (χ2n) is 4.12. The Morgan fingerprint density at radius 1 is 1.46 bits per heavy atom. The van der Waals surface area contributed by atoms with Gasteiger partial charge in [-0.1, -0.05) is 26.2 Å². The molecule has 2 rings (SSSR count). The van der Waals surface area contributed by atoms with E-state index in [9.17, 15) is 0 Å². The first-order valence-corrected chi connectivity index (χ1v) is 5.08. The molecule has 0 spiro atoms. The summed E-state index contributed by atoms with van der Waals surface area (Å²) in [6.45, 7) is 2.32. The smallest absolute Gasteiger partial charge is 0.145 e. The predicted octanol–water partition coefficient (Wildman–Crippen LogP) is 2.29. The van der Waals surface area contributed by atoms with Crippen molar-refractivity contribution in [3.8, 4) is 0 Å². The molecule has 1 heterocycles. The van der Waals surface area contributed by atoms with E-state index in [4.69, 9.17) is 5.73 Å². The highest BCUT2D eigenvalue weighted by Gasteiger charge is 2.24. The number of aromatic nitrogens is 2. The number of rotatable bonds is 1. The van der Waals surface area contributed by atoms with E-state index in [0.717, 1.165) is 5.92 Å². The maximum atomic E-state index is 5.59. The lowest BCUT2D eigenvalue weighted by Gasteiger charge is -2.27. The molecule has 0 aromatic carbocycles. The molecule has 1 saturated carbocycles. The molecule has 1 aliphatic carbocycles. The first kappa shape index (κ1) is 8.60. The fraction of sp³-hybridized carbons (Fsp3) is 0.700. The summed E-state index contributed by atoms with van der Waals surface area (Å²) >= 11 is 0. The minimum atomic E-state index is 0.618. The van der Waals surface area contributed by atoms with Gasteiger partial charge in [0.1, 0.15) is 5.82 Å². The Balaban J connectivity index is 2.14. The average Bonchev–Trinajstić information content (AvgIpc) is 2.53. The maximum absolute atomic E-state index is 5.59. The summed E-state index contributed by atoms with van der Waals surface area (Å²) in [4.78, 5) is 0. The Labute approximate surface area is 78.7 Å². The first-order valence-electron chi connectivity index (χ1n) is 5.08. The molecular formula is C10H17N3. The second kappa shape index (κ2) is 3.40. The van der Waals surface area contributed by atoms with E-state index in [1.54, 1.807) is 0 Å². The topological polar surface area (TPSA) is 54.7 Å². The van der Waals surface area contributed by atoms with E-state index >= 15 is 0 Å². The normalized spacial score (nSPS) is 29.0. The summed E-state index contributed by atoms with van der Waals surface area (Å²) < 4.78 is 0. The van der Waals surface area contributed by atoms with Crippen LogP contribution in [0.25, 0.3) is 0 Å². The second-order valence-corrected chi connectivity index (χ2v) is 4.12. The van der Waals surface area contributed by atoms with Crippen LogP contribution >= 0.6 is 0 Å². The van der Waals surface area contributed by atoms with Crippen LogP contribution in [0.1, 0.15) is 44.2 Å². The van der Waals surface area contributed by atoms with Crippen molar-refractivity contribution in [1.29, 1.82) is 0 Å². The number of H-pyrrole nitrogens is 1. The van der Waals surface area contributed by atoms with Crippen LogP contribution < -0.4 is 5.73 Å². The Kier molecular flexibility index (Phi) is 2.25. The van der Waals surface area contributed by atoms with Gasteiger partial charge in [0, 0.05) is 17.7 Å². The van der Waals surface area contributed by atoms with Crippen LogP contribution in [0.3, 0.4) is 0 Å². The van der Waals surface area contributed by atoms with E-state index in [2.05, 4.69) is 17.1 Å². The lowest BCUT2D eigenvalue weighted by atomic mass is 9.79. The molecule has 72 valence electrons. The molecule has 1 aliphatic rings. The van der Waals surface area contributed by atoms with Gasteiger partial charge in [-0.25, -0.2) is 0 Å². The monoisotopic (exact) mass is 179 g/mol. The van der Waals surface area contributed by atoms with Crippen molar-refractivity contribution in [1.82, 2.24) is 10.2 Å². The van der Waals surface area contributed by atoms with Gasteiger partial charge in [0.25, 0.3) is 0 Å². The maximum Gasteiger partial charge on any atom is 0.145 e. The minimum absolute atomic E-state index is 0.618. The van der Waals surface area contributed by atoms with Crippen LogP contribution in [-0.2, 0) is 0 Å². The molecule has 0 amide bonds. The number of hydrogen-bond acceptors (Lipinski definition) is 2. The third-order valence-electron chi connectivity index (χ3n) is 3.13. The number of nitrogens with one attached hydrogen (secondary N) is 1. The van der Waals surface area contributed by atoms with Crippen molar-refractivity contribution in [3.05, 3.63) is 11.8 Å². The zero-order chi connectivity index (χ0) is 9.26. The number of nitrogens with two attached hydrogens (primary N) is 1. The molecule has 3 N–H and O–H groups in total. The molecule has 1 aromatic heterocycles. The quantitative estimate of drug-likeness (QED) is 0.695. The van der Waals surface area contributed by atoms with Crippen molar-refractivity contribution in [2.24, 2.45) is 5.92 Å². The summed E-state index contributed by atoms with van der Waals surface area (Å²) in [5.41, 5.74) is 6.81. The average molecular weight is 179 g/mol. The summed E-state index contributed by atoms with van der Waals surface area (Å²) in [6, 6.07) is 1.98. The van der Waals surface area contributed by atoms with Crippen molar-refractivity contribution in [3.63, 3.8) is 0 Å². The highest BCUT2D eigenvalue weighted by atomic mass is 15.2. The van der Waals surface area contributed by atoms with Crippen molar-refractivity contribution < 1.29 is 0 Å². The summed E-state index contributed by atoms with van der Waals surface area (Å²) in [6.07, 6.45) is 5.33. The highest BCUT2D eigenvalue weighted by Crippen LogP contribution is 2.36. The third-order valence-corrected chi connectivity index (χ3v) is 3.13. The van der Waals surface area contributed by atoms with Gasteiger partial charge in [-0.2, -0.15) is 5.10 Å². The number of nitrogens with zero attached hydrogens (tertiary/aromatic N) is 1. The van der Waals surface area contributed by atoms with Gasteiger partial charge < -0.3 is 5.73 Å². The van der Waals surface area contributed by atoms with E-state index in [0.29, 0.717) is 11.7 Å². The van der Waals surface area contributed by atoms with Gasteiger partial charge in [0.15, 0.2) is 0 Å². The van der Waals surface area contributed by atoms with Gasteiger partial charge >= 0.3 is 0 Å². The molecule has 0 saturated heterocycles. The van der Waals surface area contributed by atoms with Crippen LogP contribution in [0.2, 0.25) is 0 Å². The van der Waals surface area contributed by atoms with Crippen LogP contribution in [0, 0.1) is 5.92 Å². The molecule has 2 unspecified atom stereocenters. The Bertz CT molecular complexity index is 279. The molecule has 1 aromatic rings. The van der Waals surface area contributed by atoms with Crippen LogP contribution in [-0.4, -0.2) is 10.2 Å². The summed E-state index contributed by atoms with van der Waals surface area (Å²) in [7, 11) is 0. The van der Waals surface area contributed by atoms with Crippen LogP contribution in [0.4, 0.5) is 5.82 Å². The van der Waals surface area contributed by atoms with Gasteiger partial charge in [0.2, 0.25) is 0 Å². The minimum Gasteiger partial charge on any atom is -0.382 e. The number of anilines is 1. The van der Waals surface area contributed by atoms with Gasteiger partial charge in [0.05, 0.1) is 0 Å². The Hall–Kier alpha value is -0.990.